The molecular weight excluding hydrogens is 397 g/mol. The number of carbonyl (C=O) groups excluding carboxylic acids is 2. The summed E-state index contributed by atoms with van der Waals surface area (Å²) in [6.45, 7) is -0.170. The van der Waals surface area contributed by atoms with Gasteiger partial charge in [-0.1, -0.05) is 12.1 Å². The fourth-order valence-corrected chi connectivity index (χ4v) is 4.41. The summed E-state index contributed by atoms with van der Waals surface area (Å²) in [5.41, 5.74) is -0.546. The van der Waals surface area contributed by atoms with Gasteiger partial charge in [-0.25, -0.2) is 12.7 Å². The van der Waals surface area contributed by atoms with Crippen LogP contribution in [0.25, 0.3) is 0 Å². The van der Waals surface area contributed by atoms with Crippen molar-refractivity contribution in [2.75, 3.05) is 11.9 Å². The minimum Gasteiger partial charge on any atom is -0.326 e. The molecule has 1 N–H and O–H groups in total. The molecule has 0 aromatic heterocycles. The molecule has 2 amide bonds. The smallest absolute Gasteiger partial charge is 0.326 e. The second-order valence-electron chi connectivity index (χ2n) is 6.11. The van der Waals surface area contributed by atoms with Gasteiger partial charge in [0.25, 0.3) is 15.9 Å². The number of sulfonamides is 1. The topological polar surface area (TPSA) is 83.6 Å². The Labute approximate surface area is 159 Å². The lowest BCUT2D eigenvalue weighted by Gasteiger charge is -2.14. The number of benzene rings is 2. The number of rotatable bonds is 5. The van der Waals surface area contributed by atoms with Crippen LogP contribution in [-0.4, -0.2) is 31.1 Å². The average Bonchev–Trinajstić information content (AvgIpc) is 2.82. The van der Waals surface area contributed by atoms with Crippen molar-refractivity contribution in [2.24, 2.45) is 0 Å². The van der Waals surface area contributed by atoms with E-state index in [1.807, 2.05) is 0 Å². The number of amides is 2. The molecule has 2 aromatic carbocycles. The molecule has 0 aliphatic carbocycles. The van der Waals surface area contributed by atoms with E-state index in [9.17, 15) is 31.2 Å². The SMILES string of the molecule is O=C(CCCN1C(=O)c2ccccc2S1(=O)=O)Nc1ccc(C(F)(F)F)cc1. The number of halogens is 3. The molecule has 0 saturated carbocycles. The molecule has 0 fully saturated rings. The first-order chi connectivity index (χ1) is 13.1. The molecule has 0 unspecified atom stereocenters. The molecule has 28 heavy (non-hydrogen) atoms. The van der Waals surface area contributed by atoms with Gasteiger partial charge in [-0.3, -0.25) is 9.59 Å². The molecule has 0 saturated heterocycles. The van der Waals surface area contributed by atoms with Crippen LogP contribution < -0.4 is 5.32 Å². The Morgan fingerprint density at radius 1 is 1.04 bits per heavy atom. The van der Waals surface area contributed by atoms with Crippen molar-refractivity contribution < 1.29 is 31.2 Å². The molecule has 1 aliphatic heterocycles. The van der Waals surface area contributed by atoms with Crippen LogP contribution in [0.5, 0.6) is 0 Å². The summed E-state index contributed by atoms with van der Waals surface area (Å²) < 4.78 is 63.1. The van der Waals surface area contributed by atoms with Gasteiger partial charge in [0.2, 0.25) is 5.91 Å². The van der Waals surface area contributed by atoms with E-state index in [0.29, 0.717) is 0 Å². The highest BCUT2D eigenvalue weighted by atomic mass is 32.2. The molecule has 0 radical (unpaired) electrons. The van der Waals surface area contributed by atoms with Crippen LogP contribution in [0.3, 0.4) is 0 Å². The number of nitrogens with one attached hydrogen (secondary N) is 1. The van der Waals surface area contributed by atoms with Gasteiger partial charge in [0.05, 0.1) is 11.1 Å². The summed E-state index contributed by atoms with van der Waals surface area (Å²) in [5, 5.41) is 2.44. The second-order valence-corrected chi connectivity index (χ2v) is 7.94. The summed E-state index contributed by atoms with van der Waals surface area (Å²) in [6.07, 6.45) is -4.49. The third-order valence-corrected chi connectivity index (χ3v) is 6.01. The summed E-state index contributed by atoms with van der Waals surface area (Å²) in [7, 11) is -3.93. The first-order valence-electron chi connectivity index (χ1n) is 8.24. The van der Waals surface area contributed by atoms with Crippen molar-refractivity contribution in [3.63, 3.8) is 0 Å². The number of alkyl halides is 3. The average molecular weight is 412 g/mol. The monoisotopic (exact) mass is 412 g/mol. The van der Waals surface area contributed by atoms with Gasteiger partial charge >= 0.3 is 6.18 Å². The van der Waals surface area contributed by atoms with E-state index in [1.54, 1.807) is 6.07 Å². The number of anilines is 1. The molecule has 0 spiro atoms. The van der Waals surface area contributed by atoms with Crippen LogP contribution in [0, 0.1) is 0 Å². The van der Waals surface area contributed by atoms with Crippen molar-refractivity contribution in [3.8, 4) is 0 Å². The summed E-state index contributed by atoms with van der Waals surface area (Å²) in [6, 6.07) is 9.81. The van der Waals surface area contributed by atoms with Crippen LogP contribution in [0.1, 0.15) is 28.8 Å². The Bertz CT molecular complexity index is 1020. The van der Waals surface area contributed by atoms with Crippen molar-refractivity contribution in [1.82, 2.24) is 4.31 Å². The quantitative estimate of drug-likeness (QED) is 0.817. The fraction of sp³-hybridized carbons (Fsp3) is 0.222. The molecule has 10 heteroatoms. The highest BCUT2D eigenvalue weighted by molar-refractivity contribution is 7.90. The lowest BCUT2D eigenvalue weighted by molar-refractivity contribution is -0.137. The number of nitrogens with zero attached hydrogens (tertiary/aromatic N) is 1. The van der Waals surface area contributed by atoms with Crippen LogP contribution in [0.15, 0.2) is 53.4 Å². The predicted octanol–water partition coefficient (Wildman–Crippen LogP) is 3.27. The van der Waals surface area contributed by atoms with Crippen LogP contribution in [-0.2, 0) is 21.0 Å². The molecule has 1 heterocycles. The first kappa shape index (κ1) is 19.9. The third-order valence-electron chi connectivity index (χ3n) is 4.17. The van der Waals surface area contributed by atoms with Gasteiger partial charge in [-0.15, -0.1) is 0 Å². The Morgan fingerprint density at radius 2 is 1.68 bits per heavy atom. The first-order valence-corrected chi connectivity index (χ1v) is 9.68. The van der Waals surface area contributed by atoms with Gasteiger partial charge in [-0.05, 0) is 42.8 Å². The maximum absolute atomic E-state index is 12.5. The van der Waals surface area contributed by atoms with E-state index in [1.165, 1.54) is 18.2 Å². The second kappa shape index (κ2) is 7.27. The molecule has 0 atom stereocenters. The number of hydrogen-bond acceptors (Lipinski definition) is 4. The van der Waals surface area contributed by atoms with Crippen molar-refractivity contribution in [3.05, 3.63) is 59.7 Å². The van der Waals surface area contributed by atoms with E-state index in [0.717, 1.165) is 28.6 Å². The molecule has 6 nitrogen and oxygen atoms in total. The summed E-state index contributed by atoms with van der Waals surface area (Å²) in [5.74, 6) is -1.14. The van der Waals surface area contributed by atoms with Crippen molar-refractivity contribution >= 4 is 27.5 Å². The normalized spacial score (nSPS) is 15.4. The van der Waals surface area contributed by atoms with Crippen LogP contribution in [0.4, 0.5) is 18.9 Å². The van der Waals surface area contributed by atoms with E-state index in [2.05, 4.69) is 5.32 Å². The van der Waals surface area contributed by atoms with Gasteiger partial charge in [-0.2, -0.15) is 13.2 Å². The van der Waals surface area contributed by atoms with E-state index in [4.69, 9.17) is 0 Å². The number of hydrogen-bond donors (Lipinski definition) is 1. The Kier molecular flexibility index (Phi) is 5.16. The van der Waals surface area contributed by atoms with Crippen LogP contribution in [0.2, 0.25) is 0 Å². The summed E-state index contributed by atoms with van der Waals surface area (Å²) in [4.78, 5) is 24.1. The molecule has 148 valence electrons. The Balaban J connectivity index is 1.56. The maximum atomic E-state index is 12.5. The largest absolute Gasteiger partial charge is 0.416 e. The van der Waals surface area contributed by atoms with E-state index < -0.39 is 33.6 Å². The maximum Gasteiger partial charge on any atom is 0.416 e. The molecule has 3 rings (SSSR count). The van der Waals surface area contributed by atoms with E-state index in [-0.39, 0.29) is 35.5 Å². The third kappa shape index (κ3) is 3.86. The van der Waals surface area contributed by atoms with Crippen LogP contribution >= 0.6 is 0 Å². The zero-order chi connectivity index (χ0) is 20.5. The highest BCUT2D eigenvalue weighted by Crippen LogP contribution is 2.31. The molecule has 1 aliphatic rings. The standard InChI is InChI=1S/C18H15F3N2O4S/c19-18(20,21)12-7-9-13(10-8-12)22-16(24)6-3-11-23-17(25)14-4-1-2-5-15(14)28(23,26)27/h1-2,4-5,7-10H,3,6,11H2,(H,22,24). The van der Waals surface area contributed by atoms with Crippen molar-refractivity contribution in [2.45, 2.75) is 23.9 Å². The lowest BCUT2D eigenvalue weighted by Crippen LogP contribution is -2.31. The predicted molar refractivity (Wildman–Crippen MR) is 94.0 cm³/mol. The van der Waals surface area contributed by atoms with Gasteiger partial charge in [0.1, 0.15) is 4.90 Å². The lowest BCUT2D eigenvalue weighted by atomic mass is 10.2. The van der Waals surface area contributed by atoms with Crippen molar-refractivity contribution in [1.29, 1.82) is 0 Å². The minimum absolute atomic E-state index is 0.0609. The van der Waals surface area contributed by atoms with Gasteiger partial charge < -0.3 is 5.32 Å². The Hall–Kier alpha value is -2.88. The number of carbonyl (C=O) groups is 2. The molecule has 2 aromatic rings. The van der Waals surface area contributed by atoms with Gasteiger partial charge in [0.15, 0.2) is 0 Å². The summed E-state index contributed by atoms with van der Waals surface area (Å²) >= 11 is 0. The van der Waals surface area contributed by atoms with Gasteiger partial charge in [0, 0.05) is 18.7 Å². The van der Waals surface area contributed by atoms with E-state index >= 15 is 0 Å². The minimum atomic E-state index is -4.46. The molecular formula is C18H15F3N2O4S. The zero-order valence-electron chi connectivity index (χ0n) is 14.4. The zero-order valence-corrected chi connectivity index (χ0v) is 15.2. The highest BCUT2D eigenvalue weighted by Gasteiger charge is 2.40. The Morgan fingerprint density at radius 3 is 2.29 bits per heavy atom. The molecule has 0 bridgehead atoms. The fourth-order valence-electron chi connectivity index (χ4n) is 2.80. The number of fused-ring (bicyclic) bond motifs is 1.